The molecule has 0 atom stereocenters. The van der Waals surface area contributed by atoms with Gasteiger partial charge in [-0.15, -0.1) is 0 Å². The SMILES string of the molecule is O=Cc1c[nH]c2nc([N+]34CN5CN(CN(C5)C3)C4)c(Br)cc12. The summed E-state index contributed by atoms with van der Waals surface area (Å²) in [5, 5.41) is 0.875. The van der Waals surface area contributed by atoms with Gasteiger partial charge in [-0.1, -0.05) is 0 Å². The molecule has 0 aliphatic carbocycles. The Morgan fingerprint density at radius 1 is 1.18 bits per heavy atom. The smallest absolute Gasteiger partial charge is 0.247 e. The first-order valence-corrected chi connectivity index (χ1v) is 8.13. The number of hydrogen-bond donors (Lipinski definition) is 1. The third-order valence-electron chi connectivity index (χ3n) is 4.82. The van der Waals surface area contributed by atoms with Crippen molar-refractivity contribution in [1.82, 2.24) is 29.2 Å². The number of quaternary nitrogens is 1. The Kier molecular flexibility index (Phi) is 2.61. The fourth-order valence-corrected chi connectivity index (χ4v) is 4.89. The van der Waals surface area contributed by atoms with Crippen molar-refractivity contribution in [1.29, 1.82) is 0 Å². The molecular weight excluding hydrogens is 348 g/mol. The van der Waals surface area contributed by atoms with Crippen LogP contribution >= 0.6 is 15.9 Å². The lowest BCUT2D eigenvalue weighted by Crippen LogP contribution is -2.80. The van der Waals surface area contributed by atoms with Crippen molar-refractivity contribution >= 4 is 39.1 Å². The van der Waals surface area contributed by atoms with Crippen molar-refractivity contribution in [2.75, 3.05) is 40.0 Å². The number of aromatic amines is 1. The highest BCUT2D eigenvalue weighted by Gasteiger charge is 2.51. The fourth-order valence-electron chi connectivity index (χ4n) is 4.20. The molecular formula is C14H16BrN6O+. The van der Waals surface area contributed by atoms with Crippen LogP contribution in [0.25, 0.3) is 11.0 Å². The van der Waals surface area contributed by atoms with E-state index in [9.17, 15) is 4.79 Å². The summed E-state index contributed by atoms with van der Waals surface area (Å²) >= 11 is 3.69. The molecule has 8 heteroatoms. The number of hydrogen-bond acceptors (Lipinski definition) is 5. The van der Waals surface area contributed by atoms with Gasteiger partial charge in [-0.2, -0.15) is 4.98 Å². The molecule has 6 heterocycles. The van der Waals surface area contributed by atoms with E-state index in [1.807, 2.05) is 6.07 Å². The van der Waals surface area contributed by atoms with Crippen LogP contribution in [-0.2, 0) is 0 Å². The minimum absolute atomic E-state index is 0.656. The highest BCUT2D eigenvalue weighted by Crippen LogP contribution is 2.39. The number of aromatic nitrogens is 2. The van der Waals surface area contributed by atoms with Gasteiger partial charge in [0.15, 0.2) is 6.29 Å². The Balaban J connectivity index is 1.67. The summed E-state index contributed by atoms with van der Waals surface area (Å²) in [5.41, 5.74) is 1.44. The second-order valence-corrected chi connectivity index (χ2v) is 7.41. The molecule has 2 aromatic heterocycles. The molecule has 4 aliphatic heterocycles. The summed E-state index contributed by atoms with van der Waals surface area (Å²) in [7, 11) is 0. The van der Waals surface area contributed by atoms with Crippen LogP contribution in [0.5, 0.6) is 0 Å². The van der Waals surface area contributed by atoms with Gasteiger partial charge in [-0.25, -0.2) is 19.2 Å². The van der Waals surface area contributed by atoms with Gasteiger partial charge in [0.05, 0.1) is 20.0 Å². The van der Waals surface area contributed by atoms with Gasteiger partial charge in [0, 0.05) is 17.1 Å². The maximum atomic E-state index is 11.1. The van der Waals surface area contributed by atoms with Crippen molar-refractivity contribution in [3.8, 4) is 0 Å². The number of pyridine rings is 1. The molecule has 1 N–H and O–H groups in total. The number of halogens is 1. The standard InChI is InChI=1S/C14H15BrN6O/c15-12-1-11-10(3-22)2-16-13(11)17-14(12)21-7-18-4-19(8-21)6-20(5-18)9-21/h1-3H,4-9H2/p+1. The number of nitrogens with zero attached hydrogens (tertiary/aromatic N) is 5. The molecule has 4 aliphatic rings. The normalized spacial score (nSPS) is 36.1. The molecule has 2 aromatic rings. The number of carbonyl (C=O) groups excluding carboxylic acids is 1. The largest absolute Gasteiger partial charge is 0.345 e. The second-order valence-electron chi connectivity index (χ2n) is 6.56. The molecule has 22 heavy (non-hydrogen) atoms. The topological polar surface area (TPSA) is 55.5 Å². The van der Waals surface area contributed by atoms with E-state index in [1.54, 1.807) is 6.20 Å². The number of carbonyl (C=O) groups is 1. The Hall–Kier alpha value is -1.32. The van der Waals surface area contributed by atoms with Gasteiger partial charge in [0.25, 0.3) is 0 Å². The van der Waals surface area contributed by atoms with E-state index in [0.29, 0.717) is 5.56 Å². The van der Waals surface area contributed by atoms with E-state index in [0.717, 1.165) is 72.1 Å². The molecule has 0 amide bonds. The minimum Gasteiger partial charge on any atom is -0.345 e. The van der Waals surface area contributed by atoms with Crippen molar-refractivity contribution in [2.24, 2.45) is 0 Å². The Labute approximate surface area is 135 Å². The van der Waals surface area contributed by atoms with Crippen LogP contribution in [0.1, 0.15) is 10.4 Å². The number of aldehydes is 1. The van der Waals surface area contributed by atoms with Gasteiger partial charge in [-0.05, 0) is 22.0 Å². The highest BCUT2D eigenvalue weighted by molar-refractivity contribution is 9.10. The minimum atomic E-state index is 0.656. The number of H-pyrrole nitrogens is 1. The lowest BCUT2D eigenvalue weighted by Gasteiger charge is -2.59. The maximum absolute atomic E-state index is 11.1. The summed E-state index contributed by atoms with van der Waals surface area (Å²) in [6.07, 6.45) is 2.60. The molecule has 0 saturated carbocycles. The fraction of sp³-hybridized carbons (Fsp3) is 0.429. The first-order chi connectivity index (χ1) is 10.7. The Bertz CT molecular complexity index is 752. The molecule has 0 radical (unpaired) electrons. The van der Waals surface area contributed by atoms with E-state index in [2.05, 4.69) is 35.6 Å². The zero-order valence-electron chi connectivity index (χ0n) is 12.0. The molecule has 6 rings (SSSR count). The first-order valence-electron chi connectivity index (χ1n) is 7.33. The van der Waals surface area contributed by atoms with E-state index in [1.165, 1.54) is 0 Å². The summed E-state index contributed by atoms with van der Waals surface area (Å²) < 4.78 is 1.81. The molecule has 4 saturated heterocycles. The molecule has 7 nitrogen and oxygen atoms in total. The zero-order chi connectivity index (χ0) is 14.9. The molecule has 0 aromatic carbocycles. The van der Waals surface area contributed by atoms with E-state index >= 15 is 0 Å². The molecule has 0 unspecified atom stereocenters. The van der Waals surface area contributed by atoms with Crippen LogP contribution in [-0.4, -0.2) is 71.0 Å². The summed E-state index contributed by atoms with van der Waals surface area (Å²) in [6, 6.07) is 2.02. The van der Waals surface area contributed by atoms with Crippen molar-refractivity contribution in [2.45, 2.75) is 0 Å². The maximum Gasteiger partial charge on any atom is 0.247 e. The van der Waals surface area contributed by atoms with Crippen LogP contribution < -0.4 is 4.48 Å². The predicted molar refractivity (Wildman–Crippen MR) is 85.7 cm³/mol. The van der Waals surface area contributed by atoms with Gasteiger partial charge in [0.1, 0.15) is 30.1 Å². The van der Waals surface area contributed by atoms with Crippen molar-refractivity contribution < 1.29 is 4.79 Å². The third kappa shape index (κ3) is 1.70. The van der Waals surface area contributed by atoms with Crippen molar-refractivity contribution in [3.63, 3.8) is 0 Å². The zero-order valence-corrected chi connectivity index (χ0v) is 13.6. The van der Waals surface area contributed by atoms with Crippen LogP contribution in [0.15, 0.2) is 16.7 Å². The van der Waals surface area contributed by atoms with Crippen LogP contribution in [0, 0.1) is 0 Å². The molecule has 4 bridgehead atoms. The average molecular weight is 364 g/mol. The van der Waals surface area contributed by atoms with Gasteiger partial charge >= 0.3 is 0 Å². The molecule has 114 valence electrons. The Morgan fingerprint density at radius 2 is 1.82 bits per heavy atom. The van der Waals surface area contributed by atoms with Crippen molar-refractivity contribution in [3.05, 3.63) is 22.3 Å². The van der Waals surface area contributed by atoms with E-state index < -0.39 is 0 Å². The van der Waals surface area contributed by atoms with Gasteiger partial charge < -0.3 is 4.98 Å². The molecule has 4 fully saturated rings. The van der Waals surface area contributed by atoms with E-state index in [4.69, 9.17) is 4.98 Å². The highest BCUT2D eigenvalue weighted by atomic mass is 79.9. The lowest BCUT2D eigenvalue weighted by molar-refractivity contribution is -0.190. The summed E-state index contributed by atoms with van der Waals surface area (Å²) in [5.74, 6) is 1.05. The lowest BCUT2D eigenvalue weighted by atomic mass is 10.2. The van der Waals surface area contributed by atoms with Gasteiger partial charge in [-0.3, -0.25) is 4.79 Å². The number of nitrogens with one attached hydrogen (secondary N) is 1. The third-order valence-corrected chi connectivity index (χ3v) is 5.40. The molecule has 0 spiro atoms. The van der Waals surface area contributed by atoms with Crippen LogP contribution in [0.2, 0.25) is 0 Å². The quantitative estimate of drug-likeness (QED) is 0.640. The van der Waals surface area contributed by atoms with E-state index in [-0.39, 0.29) is 0 Å². The summed E-state index contributed by atoms with van der Waals surface area (Å²) in [6.45, 7) is 6.12. The second kappa shape index (κ2) is 4.36. The first kappa shape index (κ1) is 13.1. The van der Waals surface area contributed by atoms with Crippen LogP contribution in [0.3, 0.4) is 0 Å². The predicted octanol–water partition coefficient (Wildman–Crippen LogP) is 1.14. The monoisotopic (exact) mass is 363 g/mol. The number of fused-ring (bicyclic) bond motifs is 1. The average Bonchev–Trinajstić information content (AvgIpc) is 2.86. The number of rotatable bonds is 2. The van der Waals surface area contributed by atoms with Gasteiger partial charge in [0.2, 0.25) is 5.82 Å². The Morgan fingerprint density at radius 3 is 2.41 bits per heavy atom. The summed E-state index contributed by atoms with van der Waals surface area (Å²) in [4.78, 5) is 26.5. The van der Waals surface area contributed by atoms with Crippen LogP contribution in [0.4, 0.5) is 5.82 Å².